The lowest BCUT2D eigenvalue weighted by atomic mass is 10.3. The molecule has 0 heterocycles. The third kappa shape index (κ3) is 5.12. The molecule has 2 rings (SSSR count). The summed E-state index contributed by atoms with van der Waals surface area (Å²) in [5.74, 6) is 0.806. The summed E-state index contributed by atoms with van der Waals surface area (Å²) in [4.78, 5) is 12.2. The summed E-state index contributed by atoms with van der Waals surface area (Å²) in [5.41, 5.74) is 0.933. The maximum atomic E-state index is 12.2. The van der Waals surface area contributed by atoms with Gasteiger partial charge in [-0.05, 0) is 48.5 Å². The largest absolute Gasteiger partial charge is 0.497 e. The van der Waals surface area contributed by atoms with Crippen molar-refractivity contribution in [1.82, 2.24) is 0 Å². The van der Waals surface area contributed by atoms with E-state index in [1.807, 2.05) is 0 Å². The Morgan fingerprint density at radius 3 is 1.88 bits per heavy atom. The van der Waals surface area contributed by atoms with Gasteiger partial charge in [-0.15, -0.1) is 0 Å². The maximum Gasteiger partial charge on any atom is 0.245 e. The molecule has 0 aliphatic rings. The molecule has 0 atom stereocenters. The number of methoxy groups -OCH3 is 2. The minimum absolute atomic E-state index is 0.336. The van der Waals surface area contributed by atoms with Crippen molar-refractivity contribution in [3.8, 4) is 11.5 Å². The molecule has 0 fully saturated rings. The molecule has 0 aliphatic heterocycles. The number of nitrogens with one attached hydrogen (secondary N) is 1. The van der Waals surface area contributed by atoms with Gasteiger partial charge in [0.1, 0.15) is 18.0 Å². The Morgan fingerprint density at radius 1 is 0.960 bits per heavy atom. The Morgan fingerprint density at radius 2 is 1.44 bits per heavy atom. The molecule has 0 aromatic heterocycles. The number of amides is 1. The zero-order chi connectivity index (χ0) is 18.4. The van der Waals surface area contributed by atoms with E-state index in [4.69, 9.17) is 9.47 Å². The van der Waals surface area contributed by atoms with Crippen LogP contribution in [0, 0.1) is 0 Å². The molecular formula is C17H20N2O5S. The predicted molar refractivity (Wildman–Crippen MR) is 96.8 cm³/mol. The molecule has 0 bridgehead atoms. The summed E-state index contributed by atoms with van der Waals surface area (Å²) in [6.07, 6.45) is 1.05. The minimum Gasteiger partial charge on any atom is -0.497 e. The van der Waals surface area contributed by atoms with Crippen LogP contribution in [0.3, 0.4) is 0 Å². The summed E-state index contributed by atoms with van der Waals surface area (Å²) in [6, 6.07) is 13.2. The second-order valence-electron chi connectivity index (χ2n) is 5.24. The summed E-state index contributed by atoms with van der Waals surface area (Å²) in [6.45, 7) is -0.336. The molecule has 0 saturated carbocycles. The van der Waals surface area contributed by atoms with Crippen LogP contribution >= 0.6 is 0 Å². The van der Waals surface area contributed by atoms with Crippen LogP contribution in [0.2, 0.25) is 0 Å². The lowest BCUT2D eigenvalue weighted by Gasteiger charge is -2.22. The van der Waals surface area contributed by atoms with E-state index in [9.17, 15) is 13.2 Å². The monoisotopic (exact) mass is 364 g/mol. The number of ether oxygens (including phenoxy) is 2. The highest BCUT2D eigenvalue weighted by atomic mass is 32.2. The van der Waals surface area contributed by atoms with Gasteiger partial charge in [-0.25, -0.2) is 8.42 Å². The molecule has 0 radical (unpaired) electrons. The van der Waals surface area contributed by atoms with Crippen molar-refractivity contribution in [2.75, 3.05) is 36.6 Å². The first-order valence-corrected chi connectivity index (χ1v) is 9.24. The third-order valence-electron chi connectivity index (χ3n) is 3.42. The second-order valence-corrected chi connectivity index (χ2v) is 7.15. The zero-order valence-electron chi connectivity index (χ0n) is 14.2. The minimum atomic E-state index is -3.62. The van der Waals surface area contributed by atoms with Gasteiger partial charge in [0.2, 0.25) is 15.9 Å². The van der Waals surface area contributed by atoms with Gasteiger partial charge in [0, 0.05) is 5.69 Å². The molecule has 0 aliphatic carbocycles. The molecule has 2 aromatic carbocycles. The molecule has 134 valence electrons. The highest BCUT2D eigenvalue weighted by Gasteiger charge is 2.21. The van der Waals surface area contributed by atoms with E-state index < -0.39 is 15.9 Å². The molecular weight excluding hydrogens is 344 g/mol. The topological polar surface area (TPSA) is 84.9 Å². The van der Waals surface area contributed by atoms with Gasteiger partial charge in [-0.3, -0.25) is 9.10 Å². The normalized spacial score (nSPS) is 10.8. The molecule has 0 unspecified atom stereocenters. The summed E-state index contributed by atoms with van der Waals surface area (Å²) in [7, 11) is -0.556. The van der Waals surface area contributed by atoms with Gasteiger partial charge in [-0.1, -0.05) is 0 Å². The van der Waals surface area contributed by atoms with Crippen LogP contribution in [0.15, 0.2) is 48.5 Å². The van der Waals surface area contributed by atoms with E-state index in [1.165, 1.54) is 7.11 Å². The molecule has 0 saturated heterocycles. The average molecular weight is 364 g/mol. The van der Waals surface area contributed by atoms with Gasteiger partial charge >= 0.3 is 0 Å². The maximum absolute atomic E-state index is 12.2. The molecule has 8 heteroatoms. The van der Waals surface area contributed by atoms with Crippen molar-refractivity contribution in [1.29, 1.82) is 0 Å². The molecule has 25 heavy (non-hydrogen) atoms. The van der Waals surface area contributed by atoms with Gasteiger partial charge < -0.3 is 14.8 Å². The smallest absolute Gasteiger partial charge is 0.245 e. The first kappa shape index (κ1) is 18.6. The van der Waals surface area contributed by atoms with Crippen LogP contribution in [0.4, 0.5) is 11.4 Å². The molecule has 1 amide bonds. The van der Waals surface area contributed by atoms with Crippen molar-refractivity contribution in [3.63, 3.8) is 0 Å². The van der Waals surface area contributed by atoms with Gasteiger partial charge in [0.25, 0.3) is 0 Å². The lowest BCUT2D eigenvalue weighted by molar-refractivity contribution is -0.114. The van der Waals surface area contributed by atoms with Crippen molar-refractivity contribution < 1.29 is 22.7 Å². The van der Waals surface area contributed by atoms with Crippen LogP contribution in [0.25, 0.3) is 0 Å². The van der Waals surface area contributed by atoms with Crippen LogP contribution in [-0.2, 0) is 14.8 Å². The van der Waals surface area contributed by atoms with Crippen LogP contribution in [0.5, 0.6) is 11.5 Å². The van der Waals surface area contributed by atoms with E-state index in [-0.39, 0.29) is 6.54 Å². The Hall–Kier alpha value is -2.74. The van der Waals surface area contributed by atoms with E-state index >= 15 is 0 Å². The number of hydrogen-bond acceptors (Lipinski definition) is 5. The number of nitrogens with zero attached hydrogens (tertiary/aromatic N) is 1. The summed E-state index contributed by atoms with van der Waals surface area (Å²) < 4.78 is 35.3. The molecule has 0 spiro atoms. The number of carbonyl (C=O) groups excluding carboxylic acids is 1. The van der Waals surface area contributed by atoms with E-state index in [2.05, 4.69) is 5.32 Å². The van der Waals surface area contributed by atoms with E-state index in [0.717, 1.165) is 10.6 Å². The number of rotatable bonds is 7. The number of hydrogen-bond donors (Lipinski definition) is 1. The number of anilines is 2. The third-order valence-corrected chi connectivity index (χ3v) is 4.56. The highest BCUT2D eigenvalue weighted by Crippen LogP contribution is 2.21. The zero-order valence-corrected chi connectivity index (χ0v) is 15.0. The highest BCUT2D eigenvalue weighted by molar-refractivity contribution is 7.92. The SMILES string of the molecule is COc1ccc(NC(=O)CN(c2ccc(OC)cc2)S(C)(=O)=O)cc1. The predicted octanol–water partition coefficient (Wildman–Crippen LogP) is 2.11. The van der Waals surface area contributed by atoms with Crippen molar-refractivity contribution in [2.45, 2.75) is 0 Å². The standard InChI is InChI=1S/C17H20N2O5S/c1-23-15-8-4-13(5-9-15)18-17(20)12-19(25(3,21)22)14-6-10-16(24-2)11-7-14/h4-11H,12H2,1-3H3,(H,18,20). The number of carbonyl (C=O) groups is 1. The first-order chi connectivity index (χ1) is 11.8. The Labute approximate surface area is 147 Å². The molecule has 7 nitrogen and oxygen atoms in total. The first-order valence-electron chi connectivity index (χ1n) is 7.39. The van der Waals surface area contributed by atoms with Gasteiger partial charge in [-0.2, -0.15) is 0 Å². The lowest BCUT2D eigenvalue weighted by Crippen LogP contribution is -2.37. The van der Waals surface area contributed by atoms with Crippen LogP contribution < -0.4 is 19.1 Å². The van der Waals surface area contributed by atoms with Gasteiger partial charge in [0.15, 0.2) is 0 Å². The van der Waals surface area contributed by atoms with Gasteiger partial charge in [0.05, 0.1) is 26.2 Å². The molecule has 1 N–H and O–H groups in total. The summed E-state index contributed by atoms with van der Waals surface area (Å²) >= 11 is 0. The van der Waals surface area contributed by atoms with E-state index in [0.29, 0.717) is 22.9 Å². The quantitative estimate of drug-likeness (QED) is 0.813. The Kier molecular flexibility index (Phi) is 5.87. The van der Waals surface area contributed by atoms with Crippen molar-refractivity contribution in [2.24, 2.45) is 0 Å². The number of benzene rings is 2. The van der Waals surface area contributed by atoms with Crippen molar-refractivity contribution in [3.05, 3.63) is 48.5 Å². The fraction of sp³-hybridized carbons (Fsp3) is 0.235. The Balaban J connectivity index is 2.14. The number of sulfonamides is 1. The average Bonchev–Trinajstić information content (AvgIpc) is 2.59. The summed E-state index contributed by atoms with van der Waals surface area (Å²) in [5, 5.41) is 2.66. The van der Waals surface area contributed by atoms with E-state index in [1.54, 1.807) is 55.6 Å². The van der Waals surface area contributed by atoms with Crippen molar-refractivity contribution >= 4 is 27.3 Å². The van der Waals surface area contributed by atoms with Crippen LogP contribution in [0.1, 0.15) is 0 Å². The second kappa shape index (κ2) is 7.89. The fourth-order valence-corrected chi connectivity index (χ4v) is 3.01. The van der Waals surface area contributed by atoms with Crippen LogP contribution in [-0.4, -0.2) is 41.3 Å². The fourth-order valence-electron chi connectivity index (χ4n) is 2.15. The Bertz CT molecular complexity index is 817. The molecule has 2 aromatic rings.